The van der Waals surface area contributed by atoms with E-state index < -0.39 is 37.8 Å². The summed E-state index contributed by atoms with van der Waals surface area (Å²) in [4.78, 5) is 10.9. The first-order valence-corrected chi connectivity index (χ1v) is 8.50. The number of benzene rings is 1. The predicted molar refractivity (Wildman–Crippen MR) is 71.9 cm³/mol. The highest BCUT2D eigenvalue weighted by atomic mass is 32.2. The van der Waals surface area contributed by atoms with E-state index in [1.54, 1.807) is 0 Å². The number of carboxylic acids is 1. The van der Waals surface area contributed by atoms with Gasteiger partial charge >= 0.3 is 5.97 Å². The van der Waals surface area contributed by atoms with E-state index in [1.165, 1.54) is 0 Å². The zero-order chi connectivity index (χ0) is 15.8. The van der Waals surface area contributed by atoms with E-state index in [9.17, 15) is 27.1 Å². The van der Waals surface area contributed by atoms with Gasteiger partial charge in [0.05, 0.1) is 5.41 Å². The third-order valence-corrected chi connectivity index (χ3v) is 5.13. The Morgan fingerprint density at radius 3 is 2.24 bits per heavy atom. The molecule has 0 atom stereocenters. The van der Waals surface area contributed by atoms with Crippen LogP contribution in [0, 0.1) is 11.6 Å². The number of carbonyl (C=O) groups is 1. The Hall–Kier alpha value is -1.50. The lowest BCUT2D eigenvalue weighted by molar-refractivity contribution is -0.145. The van der Waals surface area contributed by atoms with Crippen LogP contribution in [0.15, 0.2) is 17.0 Å². The SMILES string of the molecule is CS(=O)(=O)c1cc(F)cc(C2(C(=O)O)CCCCC2)c1F. The summed E-state index contributed by atoms with van der Waals surface area (Å²) in [5.74, 6) is -3.34. The fraction of sp³-hybridized carbons (Fsp3) is 0.500. The summed E-state index contributed by atoms with van der Waals surface area (Å²) in [5.41, 5.74) is -1.92. The highest BCUT2D eigenvalue weighted by Crippen LogP contribution is 2.42. The molecule has 1 aliphatic carbocycles. The van der Waals surface area contributed by atoms with Gasteiger partial charge in [-0.15, -0.1) is 0 Å². The molecule has 21 heavy (non-hydrogen) atoms. The van der Waals surface area contributed by atoms with E-state index in [0.29, 0.717) is 18.9 Å². The summed E-state index contributed by atoms with van der Waals surface area (Å²) < 4.78 is 51.4. The molecule has 0 aliphatic heterocycles. The smallest absolute Gasteiger partial charge is 0.314 e. The average Bonchev–Trinajstić information content (AvgIpc) is 2.40. The Bertz CT molecular complexity index is 676. The van der Waals surface area contributed by atoms with Gasteiger partial charge in [0, 0.05) is 11.8 Å². The number of carboxylic acid groups (broad SMARTS) is 1. The van der Waals surface area contributed by atoms with Crippen LogP contribution in [0.5, 0.6) is 0 Å². The first-order valence-electron chi connectivity index (χ1n) is 6.61. The second-order valence-electron chi connectivity index (χ2n) is 5.49. The molecule has 1 fully saturated rings. The van der Waals surface area contributed by atoms with Gasteiger partial charge in [0.1, 0.15) is 16.5 Å². The number of halogens is 2. The van der Waals surface area contributed by atoms with Crippen LogP contribution >= 0.6 is 0 Å². The Kier molecular flexibility index (Phi) is 4.06. The van der Waals surface area contributed by atoms with E-state index >= 15 is 0 Å². The molecule has 0 heterocycles. The lowest BCUT2D eigenvalue weighted by Crippen LogP contribution is -2.39. The van der Waals surface area contributed by atoms with Crippen molar-refractivity contribution in [2.45, 2.75) is 42.4 Å². The Morgan fingerprint density at radius 2 is 1.76 bits per heavy atom. The average molecular weight is 318 g/mol. The van der Waals surface area contributed by atoms with Crippen molar-refractivity contribution < 1.29 is 27.1 Å². The van der Waals surface area contributed by atoms with Crippen molar-refractivity contribution in [2.75, 3.05) is 6.26 Å². The van der Waals surface area contributed by atoms with Gasteiger partial charge in [-0.3, -0.25) is 4.79 Å². The topological polar surface area (TPSA) is 71.4 Å². The standard InChI is InChI=1S/C14H16F2O4S/c1-21(19,20)11-8-9(15)7-10(12(11)16)14(13(17)18)5-3-2-4-6-14/h7-8H,2-6H2,1H3,(H,17,18). The van der Waals surface area contributed by atoms with E-state index in [4.69, 9.17) is 0 Å². The fourth-order valence-corrected chi connectivity index (χ4v) is 3.70. The number of aliphatic carboxylic acids is 1. The van der Waals surface area contributed by atoms with Crippen LogP contribution in [0.1, 0.15) is 37.7 Å². The Morgan fingerprint density at radius 1 is 1.19 bits per heavy atom. The lowest BCUT2D eigenvalue weighted by Gasteiger charge is -2.34. The molecule has 116 valence electrons. The van der Waals surface area contributed by atoms with Crippen LogP contribution in [0.2, 0.25) is 0 Å². The van der Waals surface area contributed by atoms with E-state index in [1.807, 2.05) is 0 Å². The van der Waals surface area contributed by atoms with E-state index in [0.717, 1.165) is 18.7 Å². The van der Waals surface area contributed by atoms with Gasteiger partial charge in [-0.1, -0.05) is 19.3 Å². The van der Waals surface area contributed by atoms with Crippen LogP contribution in [0.3, 0.4) is 0 Å². The number of sulfone groups is 1. The Labute approximate surface area is 121 Å². The number of hydrogen-bond acceptors (Lipinski definition) is 3. The molecule has 7 heteroatoms. The molecule has 1 aromatic carbocycles. The van der Waals surface area contributed by atoms with Gasteiger partial charge in [0.2, 0.25) is 0 Å². The molecular weight excluding hydrogens is 302 g/mol. The summed E-state index contributed by atoms with van der Waals surface area (Å²) in [6.45, 7) is 0. The fourth-order valence-electron chi connectivity index (χ4n) is 2.94. The molecule has 0 aromatic heterocycles. The number of hydrogen-bond donors (Lipinski definition) is 1. The number of rotatable bonds is 3. The van der Waals surface area contributed by atoms with Crippen molar-refractivity contribution >= 4 is 15.8 Å². The third-order valence-electron chi connectivity index (χ3n) is 4.04. The van der Waals surface area contributed by atoms with Crippen LogP contribution in [-0.4, -0.2) is 25.7 Å². The van der Waals surface area contributed by atoms with Crippen molar-refractivity contribution in [3.05, 3.63) is 29.3 Å². The molecule has 0 saturated heterocycles. The zero-order valence-electron chi connectivity index (χ0n) is 11.5. The van der Waals surface area contributed by atoms with Crippen molar-refractivity contribution in [2.24, 2.45) is 0 Å². The molecule has 1 aliphatic rings. The quantitative estimate of drug-likeness (QED) is 0.930. The summed E-state index contributed by atoms with van der Waals surface area (Å²) in [6, 6.07) is 1.40. The van der Waals surface area contributed by atoms with Crippen LogP contribution in [0.4, 0.5) is 8.78 Å². The minimum atomic E-state index is -3.98. The van der Waals surface area contributed by atoms with Gasteiger partial charge in [-0.05, 0) is 25.0 Å². The molecule has 1 aromatic rings. The van der Waals surface area contributed by atoms with Gasteiger partial charge < -0.3 is 5.11 Å². The van der Waals surface area contributed by atoms with Crippen molar-refractivity contribution in [3.8, 4) is 0 Å². The molecule has 0 unspecified atom stereocenters. The van der Waals surface area contributed by atoms with Gasteiger partial charge in [0.25, 0.3) is 0 Å². The highest BCUT2D eigenvalue weighted by Gasteiger charge is 2.44. The Balaban J connectivity index is 2.72. The van der Waals surface area contributed by atoms with Gasteiger partial charge in [-0.2, -0.15) is 0 Å². The normalized spacial score (nSPS) is 18.4. The van der Waals surface area contributed by atoms with Crippen LogP contribution in [-0.2, 0) is 20.0 Å². The third kappa shape index (κ3) is 2.79. The maximum Gasteiger partial charge on any atom is 0.314 e. The van der Waals surface area contributed by atoms with Crippen LogP contribution < -0.4 is 0 Å². The summed E-state index contributed by atoms with van der Waals surface area (Å²) in [7, 11) is -3.98. The zero-order valence-corrected chi connectivity index (χ0v) is 12.3. The molecule has 1 saturated carbocycles. The molecular formula is C14H16F2O4S. The van der Waals surface area contributed by atoms with Crippen molar-refractivity contribution in [1.29, 1.82) is 0 Å². The maximum absolute atomic E-state index is 14.5. The molecule has 0 amide bonds. The molecule has 0 spiro atoms. The first kappa shape index (κ1) is 15.9. The molecule has 2 rings (SSSR count). The molecule has 0 bridgehead atoms. The van der Waals surface area contributed by atoms with Gasteiger partial charge in [0.15, 0.2) is 9.84 Å². The lowest BCUT2D eigenvalue weighted by atomic mass is 9.69. The molecule has 1 N–H and O–H groups in total. The van der Waals surface area contributed by atoms with E-state index in [-0.39, 0.29) is 18.4 Å². The summed E-state index contributed by atoms with van der Waals surface area (Å²) >= 11 is 0. The summed E-state index contributed by atoms with van der Waals surface area (Å²) in [5, 5.41) is 9.51. The second kappa shape index (κ2) is 5.36. The molecule has 4 nitrogen and oxygen atoms in total. The first-order chi connectivity index (χ1) is 9.68. The monoisotopic (exact) mass is 318 g/mol. The maximum atomic E-state index is 14.5. The minimum absolute atomic E-state index is 0.173. The summed E-state index contributed by atoms with van der Waals surface area (Å²) in [6.07, 6.45) is 3.10. The largest absolute Gasteiger partial charge is 0.481 e. The second-order valence-corrected chi connectivity index (χ2v) is 7.47. The predicted octanol–water partition coefficient (Wildman–Crippen LogP) is 2.65. The highest BCUT2D eigenvalue weighted by molar-refractivity contribution is 7.90. The van der Waals surface area contributed by atoms with Gasteiger partial charge in [-0.25, -0.2) is 17.2 Å². The van der Waals surface area contributed by atoms with Crippen molar-refractivity contribution in [3.63, 3.8) is 0 Å². The minimum Gasteiger partial charge on any atom is -0.481 e. The molecule has 0 radical (unpaired) electrons. The van der Waals surface area contributed by atoms with E-state index in [2.05, 4.69) is 0 Å². The van der Waals surface area contributed by atoms with Crippen LogP contribution in [0.25, 0.3) is 0 Å². The van der Waals surface area contributed by atoms with Crippen molar-refractivity contribution in [1.82, 2.24) is 0 Å².